The molecule has 0 unspecified atom stereocenters. The van der Waals surface area contributed by atoms with Gasteiger partial charge in [0.15, 0.2) is 0 Å². The largest absolute Gasteiger partial charge is 0.303 e. The monoisotopic (exact) mass is 163 g/mol. The highest BCUT2D eigenvalue weighted by molar-refractivity contribution is 4.76. The standard InChI is InChI=1S/C8H15F2N/c1-2-4-11-5-3-7(6-11)8(9)10/h7-8H,2-6H2,1H3/t7-/m0/s1. The number of alkyl halides is 2. The van der Waals surface area contributed by atoms with Crippen LogP contribution in [0, 0.1) is 5.92 Å². The van der Waals surface area contributed by atoms with E-state index in [4.69, 9.17) is 0 Å². The summed E-state index contributed by atoms with van der Waals surface area (Å²) in [6.45, 7) is 4.52. The molecule has 0 radical (unpaired) electrons. The van der Waals surface area contributed by atoms with Crippen molar-refractivity contribution in [3.8, 4) is 0 Å². The van der Waals surface area contributed by atoms with E-state index >= 15 is 0 Å². The summed E-state index contributed by atoms with van der Waals surface area (Å²) in [6.07, 6.45) is -0.370. The van der Waals surface area contributed by atoms with Gasteiger partial charge in [-0.2, -0.15) is 0 Å². The summed E-state index contributed by atoms with van der Waals surface area (Å²) in [5.41, 5.74) is 0. The molecule has 1 rings (SSSR count). The summed E-state index contributed by atoms with van der Waals surface area (Å²) < 4.78 is 24.3. The van der Waals surface area contributed by atoms with E-state index in [9.17, 15) is 8.78 Å². The molecular weight excluding hydrogens is 148 g/mol. The smallest absolute Gasteiger partial charge is 0.242 e. The van der Waals surface area contributed by atoms with Crippen LogP contribution in [0.25, 0.3) is 0 Å². The van der Waals surface area contributed by atoms with Crippen molar-refractivity contribution in [2.24, 2.45) is 5.92 Å². The van der Waals surface area contributed by atoms with Crippen LogP contribution in [0.5, 0.6) is 0 Å². The van der Waals surface area contributed by atoms with Crippen molar-refractivity contribution in [1.29, 1.82) is 0 Å². The second-order valence-electron chi connectivity index (χ2n) is 3.18. The lowest BCUT2D eigenvalue weighted by Gasteiger charge is -2.13. The average molecular weight is 163 g/mol. The second kappa shape index (κ2) is 4.00. The first-order valence-corrected chi connectivity index (χ1v) is 4.24. The topological polar surface area (TPSA) is 3.24 Å². The summed E-state index contributed by atoms with van der Waals surface area (Å²) >= 11 is 0. The van der Waals surface area contributed by atoms with Gasteiger partial charge in [-0.1, -0.05) is 6.92 Å². The molecule has 0 spiro atoms. The Bertz CT molecular complexity index is 117. The van der Waals surface area contributed by atoms with E-state index in [2.05, 4.69) is 11.8 Å². The summed E-state index contributed by atoms with van der Waals surface area (Å²) in [7, 11) is 0. The maximum atomic E-state index is 12.1. The van der Waals surface area contributed by atoms with E-state index in [1.54, 1.807) is 0 Å². The number of rotatable bonds is 3. The number of hydrogen-bond donors (Lipinski definition) is 0. The Labute approximate surface area is 66.4 Å². The van der Waals surface area contributed by atoms with E-state index in [-0.39, 0.29) is 5.92 Å². The zero-order chi connectivity index (χ0) is 8.27. The third-order valence-corrected chi connectivity index (χ3v) is 2.21. The van der Waals surface area contributed by atoms with Crippen LogP contribution in [-0.4, -0.2) is 31.0 Å². The van der Waals surface area contributed by atoms with Gasteiger partial charge >= 0.3 is 0 Å². The molecule has 0 aromatic carbocycles. The van der Waals surface area contributed by atoms with Crippen molar-refractivity contribution < 1.29 is 8.78 Å². The Kier molecular flexibility index (Phi) is 3.24. The van der Waals surface area contributed by atoms with Crippen LogP contribution >= 0.6 is 0 Å². The molecule has 0 aromatic rings. The van der Waals surface area contributed by atoms with Gasteiger partial charge in [-0.15, -0.1) is 0 Å². The first-order chi connectivity index (χ1) is 5.24. The van der Waals surface area contributed by atoms with E-state index in [1.807, 2.05) is 0 Å². The van der Waals surface area contributed by atoms with Crippen LogP contribution in [-0.2, 0) is 0 Å². The number of hydrogen-bond acceptors (Lipinski definition) is 1. The third kappa shape index (κ3) is 2.40. The minimum absolute atomic E-state index is 0.360. The van der Waals surface area contributed by atoms with Gasteiger partial charge in [0.2, 0.25) is 6.43 Å². The molecule has 0 aromatic heterocycles. The third-order valence-electron chi connectivity index (χ3n) is 2.21. The molecule has 0 aliphatic carbocycles. The predicted molar refractivity (Wildman–Crippen MR) is 40.8 cm³/mol. The van der Waals surface area contributed by atoms with Crippen molar-refractivity contribution >= 4 is 0 Å². The molecule has 1 nitrogen and oxygen atoms in total. The summed E-state index contributed by atoms with van der Waals surface area (Å²) in [6, 6.07) is 0. The first-order valence-electron chi connectivity index (χ1n) is 4.24. The van der Waals surface area contributed by atoms with Crippen LogP contribution < -0.4 is 0 Å². The number of likely N-dealkylation sites (tertiary alicyclic amines) is 1. The normalized spacial score (nSPS) is 26.7. The summed E-state index contributed by atoms with van der Waals surface area (Å²) in [5, 5.41) is 0. The molecule has 3 heteroatoms. The lowest BCUT2D eigenvalue weighted by molar-refractivity contribution is 0.0808. The average Bonchev–Trinajstić information content (AvgIpc) is 2.37. The minimum Gasteiger partial charge on any atom is -0.303 e. The van der Waals surface area contributed by atoms with E-state index in [0.717, 1.165) is 19.5 Å². The van der Waals surface area contributed by atoms with Crippen LogP contribution in [0.1, 0.15) is 19.8 Å². The SMILES string of the molecule is CCCN1CC[C@H](C(F)F)C1. The molecule has 0 bridgehead atoms. The maximum Gasteiger partial charge on any atom is 0.242 e. The van der Waals surface area contributed by atoms with Gasteiger partial charge in [0, 0.05) is 12.5 Å². The summed E-state index contributed by atoms with van der Waals surface area (Å²) in [4.78, 5) is 2.12. The van der Waals surface area contributed by atoms with Crippen molar-refractivity contribution in [3.63, 3.8) is 0 Å². The molecule has 1 fully saturated rings. The van der Waals surface area contributed by atoms with Crippen LogP contribution in [0.15, 0.2) is 0 Å². The van der Waals surface area contributed by atoms with Gasteiger partial charge in [0.25, 0.3) is 0 Å². The van der Waals surface area contributed by atoms with Crippen LogP contribution in [0.3, 0.4) is 0 Å². The number of halogens is 2. The molecule has 1 aliphatic rings. The molecular formula is C8H15F2N. The summed E-state index contributed by atoms with van der Waals surface area (Å²) in [5.74, 6) is -0.360. The molecule has 1 aliphatic heterocycles. The van der Waals surface area contributed by atoms with Crippen LogP contribution in [0.2, 0.25) is 0 Å². The van der Waals surface area contributed by atoms with Gasteiger partial charge in [-0.25, -0.2) is 8.78 Å². The Morgan fingerprint density at radius 3 is 2.73 bits per heavy atom. The van der Waals surface area contributed by atoms with Gasteiger partial charge in [-0.05, 0) is 25.9 Å². The van der Waals surface area contributed by atoms with Crippen molar-refractivity contribution in [2.75, 3.05) is 19.6 Å². The molecule has 1 atom stereocenters. The number of nitrogens with zero attached hydrogens (tertiary/aromatic N) is 1. The zero-order valence-electron chi connectivity index (χ0n) is 6.89. The van der Waals surface area contributed by atoms with E-state index in [1.165, 1.54) is 0 Å². The second-order valence-corrected chi connectivity index (χ2v) is 3.18. The highest BCUT2D eigenvalue weighted by Gasteiger charge is 2.28. The van der Waals surface area contributed by atoms with Crippen molar-refractivity contribution in [3.05, 3.63) is 0 Å². The highest BCUT2D eigenvalue weighted by Crippen LogP contribution is 2.22. The quantitative estimate of drug-likeness (QED) is 0.615. The lowest BCUT2D eigenvalue weighted by atomic mass is 10.1. The fraction of sp³-hybridized carbons (Fsp3) is 1.00. The van der Waals surface area contributed by atoms with E-state index < -0.39 is 6.43 Å². The molecule has 0 amide bonds. The molecule has 66 valence electrons. The Balaban J connectivity index is 2.23. The predicted octanol–water partition coefficient (Wildman–Crippen LogP) is 1.98. The van der Waals surface area contributed by atoms with Crippen LogP contribution in [0.4, 0.5) is 8.78 Å². The maximum absolute atomic E-state index is 12.1. The minimum atomic E-state index is -2.11. The first kappa shape index (κ1) is 8.91. The molecule has 0 saturated carbocycles. The highest BCUT2D eigenvalue weighted by atomic mass is 19.3. The molecule has 1 heterocycles. The van der Waals surface area contributed by atoms with Gasteiger partial charge < -0.3 is 4.90 Å². The Hall–Kier alpha value is -0.180. The molecule has 0 N–H and O–H groups in total. The fourth-order valence-electron chi connectivity index (χ4n) is 1.59. The molecule has 1 saturated heterocycles. The van der Waals surface area contributed by atoms with Gasteiger partial charge in [0.05, 0.1) is 0 Å². The van der Waals surface area contributed by atoms with Gasteiger partial charge in [-0.3, -0.25) is 0 Å². The Morgan fingerprint density at radius 2 is 2.27 bits per heavy atom. The molecule has 11 heavy (non-hydrogen) atoms. The zero-order valence-corrected chi connectivity index (χ0v) is 6.89. The van der Waals surface area contributed by atoms with Gasteiger partial charge in [0.1, 0.15) is 0 Å². The lowest BCUT2D eigenvalue weighted by Crippen LogP contribution is -2.23. The fourth-order valence-corrected chi connectivity index (χ4v) is 1.59. The Morgan fingerprint density at radius 1 is 1.55 bits per heavy atom. The van der Waals surface area contributed by atoms with Crippen molar-refractivity contribution in [2.45, 2.75) is 26.2 Å². The van der Waals surface area contributed by atoms with Crippen molar-refractivity contribution in [1.82, 2.24) is 4.90 Å². The van der Waals surface area contributed by atoms with E-state index in [0.29, 0.717) is 13.0 Å².